The van der Waals surface area contributed by atoms with E-state index in [9.17, 15) is 9.90 Å². The molecule has 0 aliphatic heterocycles. The molecule has 76 valence electrons. The zero-order chi connectivity index (χ0) is 10.8. The van der Waals surface area contributed by atoms with Gasteiger partial charge in [0.15, 0.2) is 11.4 Å². The third kappa shape index (κ3) is 1.64. The second-order valence-electron chi connectivity index (χ2n) is 2.88. The van der Waals surface area contributed by atoms with Gasteiger partial charge in [-0.25, -0.2) is 4.68 Å². The number of rotatable bonds is 2. The Morgan fingerprint density at radius 3 is 2.87 bits per heavy atom. The topological polar surface area (TPSA) is 94.0 Å². The fourth-order valence-electron chi connectivity index (χ4n) is 1.16. The first-order chi connectivity index (χ1) is 7.18. The molecular weight excluding hydrogens is 196 g/mol. The van der Waals surface area contributed by atoms with E-state index in [1.807, 2.05) is 0 Å². The molecule has 0 bridgehead atoms. The van der Waals surface area contributed by atoms with Crippen molar-refractivity contribution in [1.29, 1.82) is 0 Å². The first kappa shape index (κ1) is 9.20. The summed E-state index contributed by atoms with van der Waals surface area (Å²) in [5, 5.41) is 13.2. The molecule has 0 spiro atoms. The Balaban J connectivity index is 2.48. The third-order valence-electron chi connectivity index (χ3n) is 1.84. The number of pyridine rings is 1. The van der Waals surface area contributed by atoms with Gasteiger partial charge in [0.2, 0.25) is 0 Å². The van der Waals surface area contributed by atoms with Gasteiger partial charge in [-0.05, 0) is 12.1 Å². The molecule has 0 saturated carbocycles. The molecule has 2 rings (SSSR count). The number of carbonyl (C=O) groups excluding carboxylic acids is 1. The summed E-state index contributed by atoms with van der Waals surface area (Å²) in [6.45, 7) is 0. The van der Waals surface area contributed by atoms with Crippen molar-refractivity contribution in [3.8, 4) is 11.4 Å². The molecule has 0 saturated heterocycles. The van der Waals surface area contributed by atoms with Crippen molar-refractivity contribution >= 4 is 5.91 Å². The van der Waals surface area contributed by atoms with Crippen LogP contribution >= 0.6 is 0 Å². The van der Waals surface area contributed by atoms with Crippen molar-refractivity contribution in [1.82, 2.24) is 14.8 Å². The summed E-state index contributed by atoms with van der Waals surface area (Å²) < 4.78 is 1.34. The first-order valence-corrected chi connectivity index (χ1v) is 4.17. The second-order valence-corrected chi connectivity index (χ2v) is 2.88. The Kier molecular flexibility index (Phi) is 2.09. The molecule has 2 aromatic heterocycles. The molecule has 0 radical (unpaired) electrons. The van der Waals surface area contributed by atoms with Gasteiger partial charge < -0.3 is 10.8 Å². The van der Waals surface area contributed by atoms with Crippen molar-refractivity contribution in [2.24, 2.45) is 5.73 Å². The van der Waals surface area contributed by atoms with E-state index in [1.165, 1.54) is 10.9 Å². The number of aromatic hydroxyl groups is 1. The molecule has 0 aliphatic carbocycles. The van der Waals surface area contributed by atoms with E-state index in [1.54, 1.807) is 24.5 Å². The van der Waals surface area contributed by atoms with Gasteiger partial charge in [-0.3, -0.25) is 9.78 Å². The molecule has 6 nitrogen and oxygen atoms in total. The summed E-state index contributed by atoms with van der Waals surface area (Å²) in [6, 6.07) is 3.46. The second kappa shape index (κ2) is 3.41. The fourth-order valence-corrected chi connectivity index (χ4v) is 1.16. The first-order valence-electron chi connectivity index (χ1n) is 4.17. The van der Waals surface area contributed by atoms with Crippen LogP contribution in [0.2, 0.25) is 0 Å². The Morgan fingerprint density at radius 2 is 2.33 bits per heavy atom. The largest absolute Gasteiger partial charge is 0.504 e. The van der Waals surface area contributed by atoms with Gasteiger partial charge in [0.25, 0.3) is 5.91 Å². The minimum absolute atomic E-state index is 0.154. The number of nitrogens with zero attached hydrogens (tertiary/aromatic N) is 3. The molecule has 3 N–H and O–H groups in total. The van der Waals surface area contributed by atoms with E-state index >= 15 is 0 Å². The molecule has 0 aromatic carbocycles. The lowest BCUT2D eigenvalue weighted by Gasteiger charge is -1.97. The van der Waals surface area contributed by atoms with E-state index in [-0.39, 0.29) is 11.4 Å². The van der Waals surface area contributed by atoms with E-state index < -0.39 is 5.91 Å². The highest BCUT2D eigenvalue weighted by Crippen LogP contribution is 2.16. The van der Waals surface area contributed by atoms with Gasteiger partial charge in [0.1, 0.15) is 0 Å². The number of nitrogens with two attached hydrogens (primary N) is 1. The Labute approximate surface area is 85.0 Å². The smallest absolute Gasteiger partial charge is 0.273 e. The van der Waals surface area contributed by atoms with Crippen LogP contribution in [0.3, 0.4) is 0 Å². The van der Waals surface area contributed by atoms with Crippen LogP contribution in [-0.2, 0) is 0 Å². The van der Waals surface area contributed by atoms with E-state index in [0.29, 0.717) is 5.69 Å². The summed E-state index contributed by atoms with van der Waals surface area (Å²) in [5.74, 6) is -1.01. The number of carbonyl (C=O) groups is 1. The summed E-state index contributed by atoms with van der Waals surface area (Å²) in [4.78, 5) is 14.7. The maximum Gasteiger partial charge on any atom is 0.273 e. The van der Waals surface area contributed by atoms with Crippen molar-refractivity contribution in [3.63, 3.8) is 0 Å². The zero-order valence-electron chi connectivity index (χ0n) is 7.66. The van der Waals surface area contributed by atoms with E-state index in [4.69, 9.17) is 5.73 Å². The molecule has 2 aromatic rings. The van der Waals surface area contributed by atoms with Crippen LogP contribution in [-0.4, -0.2) is 25.8 Å². The minimum atomic E-state index is -0.768. The van der Waals surface area contributed by atoms with Crippen molar-refractivity contribution in [3.05, 3.63) is 36.4 Å². The maximum absolute atomic E-state index is 10.8. The maximum atomic E-state index is 10.8. The number of hydrogen-bond donors (Lipinski definition) is 2. The van der Waals surface area contributed by atoms with Gasteiger partial charge in [0.05, 0.1) is 18.1 Å². The van der Waals surface area contributed by atoms with Crippen LogP contribution in [0.4, 0.5) is 0 Å². The van der Waals surface area contributed by atoms with Gasteiger partial charge in [-0.2, -0.15) is 5.10 Å². The summed E-state index contributed by atoms with van der Waals surface area (Å²) >= 11 is 0. The normalized spacial score (nSPS) is 10.1. The lowest BCUT2D eigenvalue weighted by atomic mass is 10.4. The Hall–Kier alpha value is -2.37. The molecule has 15 heavy (non-hydrogen) atoms. The average Bonchev–Trinajstić information content (AvgIpc) is 2.62. The predicted molar refractivity (Wildman–Crippen MR) is 51.5 cm³/mol. The molecule has 6 heteroatoms. The van der Waals surface area contributed by atoms with Gasteiger partial charge in [0, 0.05) is 6.20 Å². The van der Waals surface area contributed by atoms with Crippen LogP contribution in [0.15, 0.2) is 30.7 Å². The zero-order valence-corrected chi connectivity index (χ0v) is 7.66. The van der Waals surface area contributed by atoms with Gasteiger partial charge >= 0.3 is 0 Å². The SMILES string of the molecule is NC(=O)c1nn(-c2cccnc2)cc1O. The molecule has 0 fully saturated rings. The lowest BCUT2D eigenvalue weighted by Crippen LogP contribution is -2.12. The standard InChI is InChI=1S/C9H8N4O2/c10-9(15)8-7(14)5-13(12-8)6-2-1-3-11-4-6/h1-5,14H,(H2,10,15). The van der Waals surface area contributed by atoms with E-state index in [2.05, 4.69) is 10.1 Å². The van der Waals surface area contributed by atoms with Crippen molar-refractivity contribution in [2.75, 3.05) is 0 Å². The van der Waals surface area contributed by atoms with Crippen LogP contribution in [0.25, 0.3) is 5.69 Å². The lowest BCUT2D eigenvalue weighted by molar-refractivity contribution is 0.0992. The van der Waals surface area contributed by atoms with Crippen LogP contribution in [0, 0.1) is 0 Å². The van der Waals surface area contributed by atoms with Crippen molar-refractivity contribution < 1.29 is 9.90 Å². The molecule has 0 aliphatic rings. The summed E-state index contributed by atoms with van der Waals surface area (Å²) in [5.41, 5.74) is 5.50. The monoisotopic (exact) mass is 204 g/mol. The molecule has 2 heterocycles. The third-order valence-corrected chi connectivity index (χ3v) is 1.84. The molecular formula is C9H8N4O2. The van der Waals surface area contributed by atoms with Crippen molar-refractivity contribution in [2.45, 2.75) is 0 Å². The molecule has 0 atom stereocenters. The molecule has 1 amide bonds. The van der Waals surface area contributed by atoms with Crippen LogP contribution in [0.1, 0.15) is 10.5 Å². The summed E-state index contributed by atoms with van der Waals surface area (Å²) in [7, 11) is 0. The predicted octanol–water partition coefficient (Wildman–Crippen LogP) is 0.0718. The number of hydrogen-bond acceptors (Lipinski definition) is 4. The highest BCUT2D eigenvalue weighted by molar-refractivity contribution is 5.93. The van der Waals surface area contributed by atoms with E-state index in [0.717, 1.165) is 0 Å². The van der Waals surface area contributed by atoms with Gasteiger partial charge in [-0.15, -0.1) is 0 Å². The number of aromatic nitrogens is 3. The quantitative estimate of drug-likeness (QED) is 0.723. The Morgan fingerprint density at radius 1 is 1.53 bits per heavy atom. The highest BCUT2D eigenvalue weighted by atomic mass is 16.3. The summed E-state index contributed by atoms with van der Waals surface area (Å²) in [6.07, 6.45) is 4.47. The van der Waals surface area contributed by atoms with Crippen LogP contribution in [0.5, 0.6) is 5.75 Å². The fraction of sp³-hybridized carbons (Fsp3) is 0. The van der Waals surface area contributed by atoms with Gasteiger partial charge in [-0.1, -0.05) is 0 Å². The number of amides is 1. The highest BCUT2D eigenvalue weighted by Gasteiger charge is 2.13. The average molecular weight is 204 g/mol. The minimum Gasteiger partial charge on any atom is -0.504 e. The molecule has 0 unspecified atom stereocenters. The van der Waals surface area contributed by atoms with Crippen LogP contribution < -0.4 is 5.73 Å². The Bertz CT molecular complexity index is 492. The number of primary amides is 1.